The van der Waals surface area contributed by atoms with Gasteiger partial charge in [-0.25, -0.2) is 0 Å². The highest BCUT2D eigenvalue weighted by Crippen LogP contribution is 2.33. The molecule has 5 heteroatoms. The molecule has 0 spiro atoms. The van der Waals surface area contributed by atoms with Gasteiger partial charge in [0.25, 0.3) is 0 Å². The summed E-state index contributed by atoms with van der Waals surface area (Å²) in [5.41, 5.74) is 0.190. The number of aliphatic imine (C=N–C) groups is 1. The molecule has 0 radical (unpaired) electrons. The number of piperidine rings is 1. The number of likely N-dealkylation sites (tertiary alicyclic amines) is 1. The highest BCUT2D eigenvalue weighted by molar-refractivity contribution is 5.79. The standard InChI is InChI=1S/C20H40N4O/c1-6-11-24-12-9-17(10-13-24)23-19(21-5)22-15-16-8-7-14-25-18(16)20(2,3)4/h16-18H,6-15H2,1-5H3,(H2,21,22,23). The summed E-state index contributed by atoms with van der Waals surface area (Å²) < 4.78 is 6.10. The Morgan fingerprint density at radius 2 is 1.92 bits per heavy atom. The van der Waals surface area contributed by atoms with Crippen LogP contribution in [0.25, 0.3) is 0 Å². The first-order valence-electron chi connectivity index (χ1n) is 10.2. The Morgan fingerprint density at radius 1 is 1.20 bits per heavy atom. The van der Waals surface area contributed by atoms with E-state index < -0.39 is 0 Å². The van der Waals surface area contributed by atoms with E-state index in [1.54, 1.807) is 0 Å². The fraction of sp³-hybridized carbons (Fsp3) is 0.950. The minimum absolute atomic E-state index is 0.190. The third kappa shape index (κ3) is 6.45. The maximum Gasteiger partial charge on any atom is 0.191 e. The average molecular weight is 353 g/mol. The zero-order chi connectivity index (χ0) is 18.3. The molecule has 2 N–H and O–H groups in total. The molecule has 0 bridgehead atoms. The van der Waals surface area contributed by atoms with Crippen molar-refractivity contribution in [2.75, 3.05) is 39.8 Å². The molecule has 2 atom stereocenters. The molecule has 2 heterocycles. The first-order valence-corrected chi connectivity index (χ1v) is 10.2. The minimum Gasteiger partial charge on any atom is -0.377 e. The first-order chi connectivity index (χ1) is 11.9. The number of nitrogens with one attached hydrogen (secondary N) is 2. The van der Waals surface area contributed by atoms with Crippen molar-refractivity contribution in [2.45, 2.75) is 71.9 Å². The van der Waals surface area contributed by atoms with Crippen molar-refractivity contribution >= 4 is 5.96 Å². The van der Waals surface area contributed by atoms with Gasteiger partial charge in [-0.3, -0.25) is 4.99 Å². The Labute approximate surface area is 155 Å². The minimum atomic E-state index is 0.190. The average Bonchev–Trinajstić information content (AvgIpc) is 2.60. The number of hydrogen-bond acceptors (Lipinski definition) is 3. The summed E-state index contributed by atoms with van der Waals surface area (Å²) in [4.78, 5) is 7.02. The van der Waals surface area contributed by atoms with Crippen LogP contribution in [0.2, 0.25) is 0 Å². The lowest BCUT2D eigenvalue weighted by Crippen LogP contribution is -2.51. The van der Waals surface area contributed by atoms with Crippen LogP contribution in [0.3, 0.4) is 0 Å². The van der Waals surface area contributed by atoms with Crippen LogP contribution >= 0.6 is 0 Å². The van der Waals surface area contributed by atoms with Gasteiger partial charge >= 0.3 is 0 Å². The second-order valence-electron chi connectivity index (χ2n) is 8.77. The highest BCUT2D eigenvalue weighted by Gasteiger charge is 2.35. The molecular weight excluding hydrogens is 312 g/mol. The van der Waals surface area contributed by atoms with Crippen molar-refractivity contribution in [3.63, 3.8) is 0 Å². The van der Waals surface area contributed by atoms with Crippen LogP contribution < -0.4 is 10.6 Å². The Hall–Kier alpha value is -0.810. The predicted octanol–water partition coefficient (Wildman–Crippen LogP) is 2.87. The van der Waals surface area contributed by atoms with Gasteiger partial charge in [0.2, 0.25) is 0 Å². The van der Waals surface area contributed by atoms with Crippen molar-refractivity contribution < 1.29 is 4.74 Å². The lowest BCUT2D eigenvalue weighted by Gasteiger charge is -2.40. The van der Waals surface area contributed by atoms with Gasteiger partial charge in [-0.2, -0.15) is 0 Å². The SMILES string of the molecule is CCCN1CCC(NC(=NC)NCC2CCCOC2C(C)(C)C)CC1. The Balaban J connectivity index is 1.78. The summed E-state index contributed by atoms with van der Waals surface area (Å²) in [6.07, 6.45) is 6.39. The van der Waals surface area contributed by atoms with Crippen LogP contribution in [0.15, 0.2) is 4.99 Å². The van der Waals surface area contributed by atoms with Crippen LogP contribution in [-0.4, -0.2) is 62.8 Å². The molecule has 0 aromatic rings. The summed E-state index contributed by atoms with van der Waals surface area (Å²) in [5, 5.41) is 7.20. The monoisotopic (exact) mass is 352 g/mol. The van der Waals surface area contributed by atoms with Crippen molar-refractivity contribution in [3.8, 4) is 0 Å². The molecule has 0 saturated carbocycles. The molecular formula is C20H40N4O. The molecule has 2 aliphatic heterocycles. The Bertz CT molecular complexity index is 410. The molecule has 0 amide bonds. The third-order valence-corrected chi connectivity index (χ3v) is 5.52. The molecule has 25 heavy (non-hydrogen) atoms. The molecule has 2 fully saturated rings. The summed E-state index contributed by atoms with van der Waals surface area (Å²) >= 11 is 0. The van der Waals surface area contributed by atoms with Gasteiger partial charge in [-0.05, 0) is 44.1 Å². The topological polar surface area (TPSA) is 48.9 Å². The molecule has 0 aromatic heterocycles. The molecule has 146 valence electrons. The maximum absolute atomic E-state index is 6.10. The molecule has 2 aliphatic rings. The van der Waals surface area contributed by atoms with E-state index in [4.69, 9.17) is 4.74 Å². The van der Waals surface area contributed by atoms with Gasteiger partial charge in [0, 0.05) is 45.2 Å². The van der Waals surface area contributed by atoms with Gasteiger partial charge in [0.05, 0.1) is 6.10 Å². The molecule has 2 rings (SSSR count). The van der Waals surface area contributed by atoms with Crippen molar-refractivity contribution in [3.05, 3.63) is 0 Å². The summed E-state index contributed by atoms with van der Waals surface area (Å²) in [7, 11) is 1.88. The molecule has 2 unspecified atom stereocenters. The van der Waals surface area contributed by atoms with Gasteiger partial charge in [0.15, 0.2) is 5.96 Å². The molecule has 2 saturated heterocycles. The van der Waals surface area contributed by atoms with Crippen molar-refractivity contribution in [1.82, 2.24) is 15.5 Å². The molecule has 0 aliphatic carbocycles. The fourth-order valence-electron chi connectivity index (χ4n) is 4.24. The second kappa shape index (κ2) is 9.77. The number of ether oxygens (including phenoxy) is 1. The van der Waals surface area contributed by atoms with Crippen LogP contribution in [0.1, 0.15) is 59.8 Å². The predicted molar refractivity (Wildman–Crippen MR) is 106 cm³/mol. The second-order valence-corrected chi connectivity index (χ2v) is 8.77. The van der Waals surface area contributed by atoms with E-state index >= 15 is 0 Å². The lowest BCUT2D eigenvalue weighted by molar-refractivity contribution is -0.0835. The van der Waals surface area contributed by atoms with Gasteiger partial charge in [0.1, 0.15) is 0 Å². The smallest absolute Gasteiger partial charge is 0.191 e. The Kier molecular flexibility index (Phi) is 8.01. The van der Waals surface area contributed by atoms with E-state index in [-0.39, 0.29) is 5.41 Å². The number of guanidine groups is 1. The fourth-order valence-corrected chi connectivity index (χ4v) is 4.24. The third-order valence-electron chi connectivity index (χ3n) is 5.52. The van der Waals surface area contributed by atoms with Crippen LogP contribution in [0.4, 0.5) is 0 Å². The van der Waals surface area contributed by atoms with E-state index in [2.05, 4.69) is 48.2 Å². The van der Waals surface area contributed by atoms with Crippen LogP contribution in [-0.2, 0) is 4.74 Å². The molecule has 0 aromatic carbocycles. The largest absolute Gasteiger partial charge is 0.377 e. The van der Waals surface area contributed by atoms with E-state index in [0.29, 0.717) is 18.1 Å². The van der Waals surface area contributed by atoms with Crippen molar-refractivity contribution in [2.24, 2.45) is 16.3 Å². The highest BCUT2D eigenvalue weighted by atomic mass is 16.5. The first kappa shape index (κ1) is 20.5. The van der Waals surface area contributed by atoms with Crippen LogP contribution in [0, 0.1) is 11.3 Å². The Morgan fingerprint density at radius 3 is 2.52 bits per heavy atom. The van der Waals surface area contributed by atoms with E-state index in [0.717, 1.165) is 19.1 Å². The lowest BCUT2D eigenvalue weighted by atomic mass is 9.78. The quantitative estimate of drug-likeness (QED) is 0.590. The van der Waals surface area contributed by atoms with Crippen LogP contribution in [0.5, 0.6) is 0 Å². The maximum atomic E-state index is 6.10. The van der Waals surface area contributed by atoms with Crippen molar-refractivity contribution in [1.29, 1.82) is 0 Å². The van der Waals surface area contributed by atoms with E-state index in [1.165, 1.54) is 51.7 Å². The number of hydrogen-bond donors (Lipinski definition) is 2. The normalized spacial score (nSPS) is 27.3. The van der Waals surface area contributed by atoms with Gasteiger partial charge in [-0.15, -0.1) is 0 Å². The zero-order valence-corrected chi connectivity index (χ0v) is 17.1. The summed E-state index contributed by atoms with van der Waals surface area (Å²) in [6.45, 7) is 14.6. The van der Waals surface area contributed by atoms with E-state index in [1.807, 2.05) is 7.05 Å². The van der Waals surface area contributed by atoms with Gasteiger partial charge < -0.3 is 20.3 Å². The molecule has 5 nitrogen and oxygen atoms in total. The number of rotatable bonds is 5. The number of nitrogens with zero attached hydrogens (tertiary/aromatic N) is 2. The zero-order valence-electron chi connectivity index (χ0n) is 17.1. The summed E-state index contributed by atoms with van der Waals surface area (Å²) in [6, 6.07) is 0.542. The summed E-state index contributed by atoms with van der Waals surface area (Å²) in [5.74, 6) is 1.51. The van der Waals surface area contributed by atoms with Gasteiger partial charge in [-0.1, -0.05) is 27.7 Å². The van der Waals surface area contributed by atoms with E-state index in [9.17, 15) is 0 Å².